The van der Waals surface area contributed by atoms with E-state index in [0.717, 1.165) is 42.6 Å². The molecule has 6 heteroatoms. The molecular formula is C17H24ClN5. The number of nitrogens with zero attached hydrogens (tertiary/aromatic N) is 3. The van der Waals surface area contributed by atoms with Crippen LogP contribution in [0.5, 0.6) is 0 Å². The highest BCUT2D eigenvalue weighted by molar-refractivity contribution is 6.31. The van der Waals surface area contributed by atoms with Gasteiger partial charge in [0, 0.05) is 31.4 Å². The third-order valence-corrected chi connectivity index (χ3v) is 3.91. The number of benzene rings is 1. The molecule has 23 heavy (non-hydrogen) atoms. The summed E-state index contributed by atoms with van der Waals surface area (Å²) < 4.78 is 1.84. The Balaban J connectivity index is 1.80. The van der Waals surface area contributed by atoms with Gasteiger partial charge in [-0.15, -0.1) is 0 Å². The molecule has 0 amide bonds. The molecule has 0 fully saturated rings. The maximum atomic E-state index is 6.17. The molecular weight excluding hydrogens is 310 g/mol. The number of aryl methyl sites for hydroxylation is 2. The second kappa shape index (κ2) is 9.20. The van der Waals surface area contributed by atoms with E-state index in [1.165, 1.54) is 5.56 Å². The Bertz CT molecular complexity index is 635. The van der Waals surface area contributed by atoms with Gasteiger partial charge in [-0.2, -0.15) is 5.10 Å². The lowest BCUT2D eigenvalue weighted by Crippen LogP contribution is -2.37. The molecule has 0 aliphatic rings. The lowest BCUT2D eigenvalue weighted by atomic mass is 10.1. The van der Waals surface area contributed by atoms with Gasteiger partial charge in [0.2, 0.25) is 0 Å². The molecule has 0 unspecified atom stereocenters. The Kier molecular flexibility index (Phi) is 6.94. The zero-order chi connectivity index (χ0) is 16.5. The van der Waals surface area contributed by atoms with Crippen LogP contribution in [0.4, 0.5) is 0 Å². The number of hydrogen-bond donors (Lipinski definition) is 2. The van der Waals surface area contributed by atoms with Gasteiger partial charge in [-0.3, -0.25) is 4.68 Å². The van der Waals surface area contributed by atoms with Gasteiger partial charge in [0.05, 0.1) is 12.2 Å². The summed E-state index contributed by atoms with van der Waals surface area (Å²) in [5.74, 6) is 0.827. The zero-order valence-electron chi connectivity index (χ0n) is 13.7. The maximum absolute atomic E-state index is 6.17. The fourth-order valence-electron chi connectivity index (χ4n) is 2.25. The SMILES string of the molecule is CCNC(=NCc1ccnn1C)NCCCc1ccccc1Cl. The maximum Gasteiger partial charge on any atom is 0.191 e. The van der Waals surface area contributed by atoms with Crippen molar-refractivity contribution in [2.24, 2.45) is 12.0 Å². The number of halogens is 1. The van der Waals surface area contributed by atoms with Crippen molar-refractivity contribution in [2.75, 3.05) is 13.1 Å². The van der Waals surface area contributed by atoms with E-state index in [1.807, 2.05) is 36.0 Å². The summed E-state index contributed by atoms with van der Waals surface area (Å²) in [6.45, 7) is 4.35. The van der Waals surface area contributed by atoms with Gasteiger partial charge in [0.25, 0.3) is 0 Å². The van der Waals surface area contributed by atoms with Gasteiger partial charge in [-0.25, -0.2) is 4.99 Å². The highest BCUT2D eigenvalue weighted by Crippen LogP contribution is 2.16. The van der Waals surface area contributed by atoms with Gasteiger partial charge in [-0.1, -0.05) is 29.8 Å². The second-order valence-corrected chi connectivity index (χ2v) is 5.67. The highest BCUT2D eigenvalue weighted by Gasteiger charge is 2.01. The molecule has 2 aromatic rings. The molecule has 1 aromatic carbocycles. The largest absolute Gasteiger partial charge is 0.357 e. The van der Waals surface area contributed by atoms with Crippen molar-refractivity contribution in [2.45, 2.75) is 26.3 Å². The quantitative estimate of drug-likeness (QED) is 0.465. The molecule has 1 heterocycles. The molecule has 0 aliphatic carbocycles. The first-order chi connectivity index (χ1) is 11.2. The normalized spacial score (nSPS) is 11.5. The molecule has 0 radical (unpaired) electrons. The predicted molar refractivity (Wildman–Crippen MR) is 95.8 cm³/mol. The molecule has 0 atom stereocenters. The Morgan fingerprint density at radius 1 is 1.26 bits per heavy atom. The van der Waals surface area contributed by atoms with E-state index < -0.39 is 0 Å². The molecule has 124 valence electrons. The van der Waals surface area contributed by atoms with E-state index in [-0.39, 0.29) is 0 Å². The summed E-state index contributed by atoms with van der Waals surface area (Å²) in [5, 5.41) is 11.6. The Labute approximate surface area is 142 Å². The van der Waals surface area contributed by atoms with Gasteiger partial charge >= 0.3 is 0 Å². The number of hydrogen-bond acceptors (Lipinski definition) is 2. The van der Waals surface area contributed by atoms with Gasteiger partial charge in [0.15, 0.2) is 5.96 Å². The second-order valence-electron chi connectivity index (χ2n) is 5.26. The molecule has 2 N–H and O–H groups in total. The summed E-state index contributed by atoms with van der Waals surface area (Å²) in [5.41, 5.74) is 2.27. The average molecular weight is 334 g/mol. The fourth-order valence-corrected chi connectivity index (χ4v) is 2.48. The molecule has 0 saturated carbocycles. The number of aromatic nitrogens is 2. The number of aliphatic imine (C=N–C) groups is 1. The van der Waals surface area contributed by atoms with E-state index in [0.29, 0.717) is 6.54 Å². The first kappa shape index (κ1) is 17.3. The van der Waals surface area contributed by atoms with Crippen molar-refractivity contribution in [3.63, 3.8) is 0 Å². The monoisotopic (exact) mass is 333 g/mol. The first-order valence-corrected chi connectivity index (χ1v) is 8.31. The minimum atomic E-state index is 0.607. The molecule has 0 bridgehead atoms. The predicted octanol–water partition coefficient (Wildman–Crippen LogP) is 2.76. The van der Waals surface area contributed by atoms with Crippen LogP contribution >= 0.6 is 11.6 Å². The minimum Gasteiger partial charge on any atom is -0.357 e. The van der Waals surface area contributed by atoms with E-state index in [1.54, 1.807) is 6.20 Å². The van der Waals surface area contributed by atoms with Crippen molar-refractivity contribution < 1.29 is 0 Å². The molecule has 0 aliphatic heterocycles. The van der Waals surface area contributed by atoms with Crippen molar-refractivity contribution >= 4 is 17.6 Å². The third kappa shape index (κ3) is 5.60. The van der Waals surface area contributed by atoms with Gasteiger partial charge in [0.1, 0.15) is 0 Å². The number of rotatable bonds is 7. The third-order valence-electron chi connectivity index (χ3n) is 3.54. The van der Waals surface area contributed by atoms with Crippen molar-refractivity contribution in [3.05, 3.63) is 52.8 Å². The van der Waals surface area contributed by atoms with Crippen LogP contribution < -0.4 is 10.6 Å². The van der Waals surface area contributed by atoms with Crippen molar-refractivity contribution in [1.29, 1.82) is 0 Å². The minimum absolute atomic E-state index is 0.607. The van der Waals surface area contributed by atoms with E-state index >= 15 is 0 Å². The smallest absolute Gasteiger partial charge is 0.191 e. The molecule has 5 nitrogen and oxygen atoms in total. The van der Waals surface area contributed by atoms with Crippen molar-refractivity contribution in [3.8, 4) is 0 Å². The summed E-state index contributed by atoms with van der Waals surface area (Å²) in [6, 6.07) is 9.96. The molecule has 0 spiro atoms. The number of nitrogens with one attached hydrogen (secondary N) is 2. The molecule has 0 saturated heterocycles. The lowest BCUT2D eigenvalue weighted by molar-refractivity contribution is 0.703. The van der Waals surface area contributed by atoms with Crippen LogP contribution in [0.3, 0.4) is 0 Å². The average Bonchev–Trinajstić information content (AvgIpc) is 2.96. The Morgan fingerprint density at radius 2 is 2.09 bits per heavy atom. The van der Waals surface area contributed by atoms with Crippen LogP contribution in [0.25, 0.3) is 0 Å². The fraction of sp³-hybridized carbons (Fsp3) is 0.412. The van der Waals surface area contributed by atoms with Crippen LogP contribution in [0, 0.1) is 0 Å². The number of guanidine groups is 1. The van der Waals surface area contributed by atoms with E-state index in [9.17, 15) is 0 Å². The highest BCUT2D eigenvalue weighted by atomic mass is 35.5. The van der Waals surface area contributed by atoms with Crippen LogP contribution in [-0.4, -0.2) is 28.8 Å². The van der Waals surface area contributed by atoms with Crippen LogP contribution in [0.2, 0.25) is 5.02 Å². The van der Waals surface area contributed by atoms with E-state index in [2.05, 4.69) is 33.7 Å². The summed E-state index contributed by atoms with van der Waals surface area (Å²) in [4.78, 5) is 4.59. The standard InChI is InChI=1S/C17H24ClN5/c1-3-19-17(21-13-15-10-12-22-23(15)2)20-11-6-8-14-7-4-5-9-16(14)18/h4-5,7,9-10,12H,3,6,8,11,13H2,1-2H3,(H2,19,20,21). The van der Waals surface area contributed by atoms with Crippen LogP contribution in [-0.2, 0) is 20.0 Å². The van der Waals surface area contributed by atoms with Crippen LogP contribution in [0.1, 0.15) is 24.6 Å². The topological polar surface area (TPSA) is 54.2 Å². The van der Waals surface area contributed by atoms with Gasteiger partial charge in [-0.05, 0) is 37.5 Å². The molecule has 2 rings (SSSR count). The lowest BCUT2D eigenvalue weighted by Gasteiger charge is -2.11. The summed E-state index contributed by atoms with van der Waals surface area (Å²) >= 11 is 6.17. The summed E-state index contributed by atoms with van der Waals surface area (Å²) in [7, 11) is 1.93. The molecule has 1 aromatic heterocycles. The van der Waals surface area contributed by atoms with Crippen molar-refractivity contribution in [1.82, 2.24) is 20.4 Å². The zero-order valence-corrected chi connectivity index (χ0v) is 14.5. The Morgan fingerprint density at radius 3 is 2.78 bits per heavy atom. The summed E-state index contributed by atoms with van der Waals surface area (Å²) in [6.07, 6.45) is 3.74. The van der Waals surface area contributed by atoms with Crippen LogP contribution in [0.15, 0.2) is 41.5 Å². The van der Waals surface area contributed by atoms with Gasteiger partial charge < -0.3 is 10.6 Å². The first-order valence-electron chi connectivity index (χ1n) is 7.93. The van der Waals surface area contributed by atoms with E-state index in [4.69, 9.17) is 11.6 Å². The Hall–Kier alpha value is -2.01.